The van der Waals surface area contributed by atoms with Crippen molar-refractivity contribution >= 4 is 22.6 Å². The van der Waals surface area contributed by atoms with Crippen molar-refractivity contribution in [2.24, 2.45) is 0 Å². The number of carbonyl (C=O) groups excluding carboxylic acids is 1. The Kier molecular flexibility index (Phi) is 6.11. The van der Waals surface area contributed by atoms with E-state index in [4.69, 9.17) is 9.84 Å². The third-order valence-electron chi connectivity index (χ3n) is 3.69. The molecule has 5 heteroatoms. The first-order valence-electron chi connectivity index (χ1n) is 7.56. The van der Waals surface area contributed by atoms with Crippen LogP contribution in [-0.4, -0.2) is 48.7 Å². The monoisotopic (exact) mass is 315 g/mol. The first-order chi connectivity index (χ1) is 11.1. The zero-order valence-corrected chi connectivity index (χ0v) is 13.2. The Balaban J connectivity index is 1.98. The largest absolute Gasteiger partial charge is 0.480 e. The molecule has 1 N–H and O–H groups in total. The molecule has 0 aliphatic heterocycles. The van der Waals surface area contributed by atoms with Gasteiger partial charge < -0.3 is 14.7 Å². The fraction of sp³-hybridized carbons (Fsp3) is 0.333. The van der Waals surface area contributed by atoms with Crippen molar-refractivity contribution in [3.8, 4) is 0 Å². The highest BCUT2D eigenvalue weighted by molar-refractivity contribution is 5.84. The van der Waals surface area contributed by atoms with Gasteiger partial charge >= 0.3 is 5.97 Å². The summed E-state index contributed by atoms with van der Waals surface area (Å²) in [6.45, 7) is 0.328. The number of carboxylic acids is 1. The molecule has 2 aromatic rings. The second-order valence-electron chi connectivity index (χ2n) is 5.38. The van der Waals surface area contributed by atoms with E-state index in [1.54, 1.807) is 0 Å². The molecule has 2 rings (SSSR count). The van der Waals surface area contributed by atoms with Gasteiger partial charge in [-0.25, -0.2) is 0 Å². The van der Waals surface area contributed by atoms with E-state index in [-0.39, 0.29) is 18.9 Å². The molecular weight excluding hydrogens is 294 g/mol. The van der Waals surface area contributed by atoms with E-state index in [9.17, 15) is 9.59 Å². The van der Waals surface area contributed by atoms with Crippen LogP contribution in [0.1, 0.15) is 12.0 Å². The molecular formula is C18H21NO4. The highest BCUT2D eigenvalue weighted by Crippen LogP contribution is 2.16. The Morgan fingerprint density at radius 1 is 1.13 bits per heavy atom. The minimum absolute atomic E-state index is 0.169. The molecule has 0 fully saturated rings. The number of benzene rings is 2. The number of carboxylic acid groups (broad SMARTS) is 1. The molecule has 0 saturated carbocycles. The number of aryl methyl sites for hydroxylation is 1. The van der Waals surface area contributed by atoms with E-state index in [0.29, 0.717) is 19.6 Å². The fourth-order valence-electron chi connectivity index (χ4n) is 2.46. The second-order valence-corrected chi connectivity index (χ2v) is 5.38. The van der Waals surface area contributed by atoms with Crippen molar-refractivity contribution in [1.82, 2.24) is 4.90 Å². The lowest BCUT2D eigenvalue weighted by molar-refractivity contribution is -0.144. The number of methoxy groups -OCH3 is 1. The maximum Gasteiger partial charge on any atom is 0.323 e. The number of carbonyl (C=O) groups is 2. The summed E-state index contributed by atoms with van der Waals surface area (Å²) in [5.41, 5.74) is 1.07. The van der Waals surface area contributed by atoms with Crippen molar-refractivity contribution in [2.75, 3.05) is 26.8 Å². The van der Waals surface area contributed by atoms with E-state index in [1.165, 1.54) is 12.0 Å². The van der Waals surface area contributed by atoms with E-state index >= 15 is 0 Å². The first-order valence-corrected chi connectivity index (χ1v) is 7.56. The summed E-state index contributed by atoms with van der Waals surface area (Å²) >= 11 is 0. The van der Waals surface area contributed by atoms with Crippen LogP contribution in [0.5, 0.6) is 0 Å². The molecule has 0 aliphatic rings. The van der Waals surface area contributed by atoms with Crippen molar-refractivity contribution in [2.45, 2.75) is 12.8 Å². The number of aliphatic carboxylic acids is 1. The van der Waals surface area contributed by atoms with Crippen molar-refractivity contribution in [1.29, 1.82) is 0 Å². The van der Waals surface area contributed by atoms with Crippen LogP contribution in [0.4, 0.5) is 0 Å². The Bertz CT molecular complexity index is 684. The number of nitrogens with zero attached hydrogens (tertiary/aromatic N) is 1. The van der Waals surface area contributed by atoms with Crippen LogP contribution in [0.25, 0.3) is 10.8 Å². The Labute approximate surface area is 135 Å². The van der Waals surface area contributed by atoms with Gasteiger partial charge in [-0.3, -0.25) is 9.59 Å². The van der Waals surface area contributed by atoms with Gasteiger partial charge in [-0.2, -0.15) is 0 Å². The minimum Gasteiger partial charge on any atom is -0.480 e. The van der Waals surface area contributed by atoms with Gasteiger partial charge in [0, 0.05) is 20.1 Å². The molecule has 0 saturated heterocycles. The van der Waals surface area contributed by atoms with E-state index in [1.807, 2.05) is 36.4 Å². The highest BCUT2D eigenvalue weighted by atomic mass is 16.5. The molecule has 0 aromatic heterocycles. The average Bonchev–Trinajstić information content (AvgIpc) is 2.56. The molecule has 0 unspecified atom stereocenters. The topological polar surface area (TPSA) is 66.8 Å². The zero-order chi connectivity index (χ0) is 16.7. The SMILES string of the molecule is COCCN(CC(=O)O)C(=O)CCc1ccc2ccccc2c1. The van der Waals surface area contributed by atoms with Crippen LogP contribution in [-0.2, 0) is 20.7 Å². The van der Waals surface area contributed by atoms with Crippen LogP contribution in [0, 0.1) is 0 Å². The number of ether oxygens (including phenoxy) is 1. The van der Waals surface area contributed by atoms with Crippen LogP contribution in [0.3, 0.4) is 0 Å². The first kappa shape index (κ1) is 17.0. The lowest BCUT2D eigenvalue weighted by atomic mass is 10.0. The van der Waals surface area contributed by atoms with Gasteiger partial charge in [-0.1, -0.05) is 42.5 Å². The molecule has 23 heavy (non-hydrogen) atoms. The normalized spacial score (nSPS) is 10.7. The predicted octanol–water partition coefficient (Wildman–Crippen LogP) is 2.33. The third-order valence-corrected chi connectivity index (χ3v) is 3.69. The van der Waals surface area contributed by atoms with Gasteiger partial charge in [0.2, 0.25) is 5.91 Å². The fourth-order valence-corrected chi connectivity index (χ4v) is 2.46. The molecule has 1 amide bonds. The molecule has 0 atom stereocenters. The van der Waals surface area contributed by atoms with E-state index in [2.05, 4.69) is 6.07 Å². The minimum atomic E-state index is -1.01. The molecule has 0 heterocycles. The molecule has 0 bridgehead atoms. The molecule has 122 valence electrons. The van der Waals surface area contributed by atoms with E-state index < -0.39 is 5.97 Å². The zero-order valence-electron chi connectivity index (χ0n) is 13.2. The summed E-state index contributed by atoms with van der Waals surface area (Å²) in [7, 11) is 1.53. The molecule has 5 nitrogen and oxygen atoms in total. The van der Waals surface area contributed by atoms with Crippen LogP contribution < -0.4 is 0 Å². The lowest BCUT2D eigenvalue weighted by Crippen LogP contribution is -2.38. The van der Waals surface area contributed by atoms with Crippen LogP contribution in [0.2, 0.25) is 0 Å². The highest BCUT2D eigenvalue weighted by Gasteiger charge is 2.16. The molecule has 0 radical (unpaired) electrons. The smallest absolute Gasteiger partial charge is 0.323 e. The van der Waals surface area contributed by atoms with Gasteiger partial charge in [-0.15, -0.1) is 0 Å². The van der Waals surface area contributed by atoms with Crippen LogP contribution in [0.15, 0.2) is 42.5 Å². The standard InChI is InChI=1S/C18H21NO4/c1-23-11-10-19(13-18(21)22)17(20)9-7-14-6-8-15-4-2-3-5-16(15)12-14/h2-6,8,12H,7,9-11,13H2,1H3,(H,21,22). The summed E-state index contributed by atoms with van der Waals surface area (Å²) in [6.07, 6.45) is 0.877. The molecule has 0 spiro atoms. The number of hydrogen-bond donors (Lipinski definition) is 1. The summed E-state index contributed by atoms with van der Waals surface area (Å²) in [4.78, 5) is 24.4. The summed E-state index contributed by atoms with van der Waals surface area (Å²) in [5.74, 6) is -1.18. The number of rotatable bonds is 8. The van der Waals surface area contributed by atoms with Crippen LogP contribution >= 0.6 is 0 Å². The van der Waals surface area contributed by atoms with Gasteiger partial charge in [0.1, 0.15) is 6.54 Å². The number of hydrogen-bond acceptors (Lipinski definition) is 3. The van der Waals surface area contributed by atoms with E-state index in [0.717, 1.165) is 16.3 Å². The third kappa shape index (κ3) is 5.07. The maximum atomic E-state index is 12.2. The van der Waals surface area contributed by atoms with Crippen molar-refractivity contribution in [3.63, 3.8) is 0 Å². The predicted molar refractivity (Wildman–Crippen MR) is 88.4 cm³/mol. The quantitative estimate of drug-likeness (QED) is 0.812. The molecule has 2 aromatic carbocycles. The lowest BCUT2D eigenvalue weighted by Gasteiger charge is -2.20. The Hall–Kier alpha value is -2.40. The van der Waals surface area contributed by atoms with Gasteiger partial charge in [-0.05, 0) is 22.8 Å². The van der Waals surface area contributed by atoms with Gasteiger partial charge in [0.15, 0.2) is 0 Å². The maximum absolute atomic E-state index is 12.2. The summed E-state index contributed by atoms with van der Waals surface area (Å²) in [5, 5.41) is 11.2. The van der Waals surface area contributed by atoms with Gasteiger partial charge in [0.05, 0.1) is 6.61 Å². The molecule has 0 aliphatic carbocycles. The average molecular weight is 315 g/mol. The summed E-state index contributed by atoms with van der Waals surface area (Å²) in [6, 6.07) is 14.2. The number of fused-ring (bicyclic) bond motifs is 1. The summed E-state index contributed by atoms with van der Waals surface area (Å²) < 4.78 is 4.93. The van der Waals surface area contributed by atoms with Crippen molar-refractivity contribution < 1.29 is 19.4 Å². The Morgan fingerprint density at radius 3 is 2.57 bits per heavy atom. The van der Waals surface area contributed by atoms with Crippen molar-refractivity contribution in [3.05, 3.63) is 48.0 Å². The Morgan fingerprint density at radius 2 is 1.87 bits per heavy atom. The van der Waals surface area contributed by atoms with Gasteiger partial charge in [0.25, 0.3) is 0 Å². The second kappa shape index (κ2) is 8.29. The number of amides is 1.